The zero-order valence-electron chi connectivity index (χ0n) is 13.8. The number of hydrogen-bond acceptors (Lipinski definition) is 7. The van der Waals surface area contributed by atoms with Gasteiger partial charge in [0.1, 0.15) is 5.76 Å². The van der Waals surface area contributed by atoms with Crippen LogP contribution in [0.4, 0.5) is 11.5 Å². The van der Waals surface area contributed by atoms with Crippen LogP contribution in [0, 0.1) is 16.0 Å². The van der Waals surface area contributed by atoms with Crippen LogP contribution in [0.15, 0.2) is 22.9 Å². The Bertz CT molecular complexity index is 796. The first-order chi connectivity index (χ1) is 12.0. The van der Waals surface area contributed by atoms with Gasteiger partial charge in [-0.15, -0.1) is 0 Å². The van der Waals surface area contributed by atoms with Gasteiger partial charge in [0.15, 0.2) is 0 Å². The van der Waals surface area contributed by atoms with E-state index in [0.717, 1.165) is 0 Å². The molecule has 3 heterocycles. The van der Waals surface area contributed by atoms with Gasteiger partial charge >= 0.3 is 5.69 Å². The Balaban J connectivity index is 1.88. The van der Waals surface area contributed by atoms with Crippen molar-refractivity contribution in [3.63, 3.8) is 0 Å². The van der Waals surface area contributed by atoms with Gasteiger partial charge in [0.05, 0.1) is 16.7 Å². The van der Waals surface area contributed by atoms with Crippen LogP contribution in [0.2, 0.25) is 0 Å². The number of carbonyl (C=O) groups is 1. The molecule has 1 amide bonds. The normalized spacial score (nSPS) is 15.3. The van der Waals surface area contributed by atoms with E-state index in [0.29, 0.717) is 55.4 Å². The van der Waals surface area contributed by atoms with E-state index in [1.54, 1.807) is 6.20 Å². The highest BCUT2D eigenvalue weighted by Crippen LogP contribution is 2.33. The second-order valence-corrected chi connectivity index (χ2v) is 5.97. The molecule has 0 radical (unpaired) electrons. The van der Waals surface area contributed by atoms with E-state index in [9.17, 15) is 14.9 Å². The van der Waals surface area contributed by atoms with Crippen molar-refractivity contribution in [1.29, 1.82) is 0 Å². The van der Waals surface area contributed by atoms with Gasteiger partial charge in [0.2, 0.25) is 17.6 Å². The van der Waals surface area contributed by atoms with Crippen molar-refractivity contribution in [2.24, 2.45) is 11.7 Å². The van der Waals surface area contributed by atoms with Gasteiger partial charge in [-0.1, -0.05) is 6.92 Å². The summed E-state index contributed by atoms with van der Waals surface area (Å²) in [5.74, 6) is 0.795. The molecular weight excluding hydrogens is 326 g/mol. The second-order valence-electron chi connectivity index (χ2n) is 5.97. The van der Waals surface area contributed by atoms with Crippen LogP contribution in [0.3, 0.4) is 0 Å². The summed E-state index contributed by atoms with van der Waals surface area (Å²) in [4.78, 5) is 32.5. The Morgan fingerprint density at radius 2 is 2.12 bits per heavy atom. The number of amides is 1. The van der Waals surface area contributed by atoms with Gasteiger partial charge in [-0.05, 0) is 12.8 Å². The molecule has 1 saturated heterocycles. The Morgan fingerprint density at radius 3 is 2.68 bits per heavy atom. The molecule has 1 fully saturated rings. The molecule has 2 N–H and O–H groups in total. The number of primary amides is 1. The van der Waals surface area contributed by atoms with E-state index in [1.165, 1.54) is 12.3 Å². The fourth-order valence-electron chi connectivity index (χ4n) is 2.92. The largest absolute Gasteiger partial charge is 0.441 e. The molecule has 0 aromatic carbocycles. The molecule has 0 bridgehead atoms. The molecule has 25 heavy (non-hydrogen) atoms. The number of oxazole rings is 1. The van der Waals surface area contributed by atoms with Crippen molar-refractivity contribution in [3.05, 3.63) is 34.3 Å². The van der Waals surface area contributed by atoms with Crippen molar-refractivity contribution < 1.29 is 14.1 Å². The number of carbonyl (C=O) groups excluding carboxylic acids is 1. The summed E-state index contributed by atoms with van der Waals surface area (Å²) in [6, 6.07) is 1.42. The number of aromatic nitrogens is 2. The molecule has 0 unspecified atom stereocenters. The SMILES string of the molecule is CCc1cnc(-c2cnc(N3CCC(C(N)=O)CC3)c([N+](=O)[O-])c2)o1. The summed E-state index contributed by atoms with van der Waals surface area (Å²) in [5.41, 5.74) is 5.68. The third-order valence-electron chi connectivity index (χ3n) is 4.39. The molecule has 3 rings (SSSR count). The number of hydrogen-bond donors (Lipinski definition) is 1. The lowest BCUT2D eigenvalue weighted by molar-refractivity contribution is -0.384. The molecule has 2 aromatic rings. The molecule has 0 atom stereocenters. The van der Waals surface area contributed by atoms with Gasteiger partial charge in [0, 0.05) is 37.7 Å². The van der Waals surface area contributed by atoms with Crippen LogP contribution < -0.4 is 10.6 Å². The van der Waals surface area contributed by atoms with E-state index in [4.69, 9.17) is 10.2 Å². The van der Waals surface area contributed by atoms with E-state index < -0.39 is 4.92 Å². The Kier molecular flexibility index (Phi) is 4.64. The summed E-state index contributed by atoms with van der Waals surface area (Å²) >= 11 is 0. The summed E-state index contributed by atoms with van der Waals surface area (Å²) in [6.07, 6.45) is 4.94. The highest BCUT2D eigenvalue weighted by molar-refractivity contribution is 5.77. The predicted molar refractivity (Wildman–Crippen MR) is 89.9 cm³/mol. The molecule has 9 heteroatoms. The monoisotopic (exact) mass is 345 g/mol. The van der Waals surface area contributed by atoms with Gasteiger partial charge in [-0.25, -0.2) is 9.97 Å². The lowest BCUT2D eigenvalue weighted by Crippen LogP contribution is -2.39. The maximum Gasteiger partial charge on any atom is 0.312 e. The minimum absolute atomic E-state index is 0.105. The lowest BCUT2D eigenvalue weighted by Gasteiger charge is -2.31. The summed E-state index contributed by atoms with van der Waals surface area (Å²) in [6.45, 7) is 2.93. The third-order valence-corrected chi connectivity index (χ3v) is 4.39. The molecule has 1 aliphatic heterocycles. The average Bonchev–Trinajstić information content (AvgIpc) is 3.10. The fraction of sp³-hybridized carbons (Fsp3) is 0.438. The minimum Gasteiger partial charge on any atom is -0.441 e. The Morgan fingerprint density at radius 1 is 1.40 bits per heavy atom. The quantitative estimate of drug-likeness (QED) is 0.647. The van der Waals surface area contributed by atoms with Crippen LogP contribution in [-0.4, -0.2) is 33.9 Å². The topological polar surface area (TPSA) is 128 Å². The van der Waals surface area contributed by atoms with Gasteiger partial charge in [-0.3, -0.25) is 14.9 Å². The van der Waals surface area contributed by atoms with E-state index >= 15 is 0 Å². The second kappa shape index (κ2) is 6.88. The molecular formula is C16H19N5O4. The van der Waals surface area contributed by atoms with Gasteiger partial charge in [0.25, 0.3) is 0 Å². The van der Waals surface area contributed by atoms with Crippen molar-refractivity contribution in [1.82, 2.24) is 9.97 Å². The molecule has 0 saturated carbocycles. The van der Waals surface area contributed by atoms with E-state index in [1.807, 2.05) is 11.8 Å². The Hall–Kier alpha value is -2.97. The number of aryl methyl sites for hydroxylation is 1. The van der Waals surface area contributed by atoms with Crippen molar-refractivity contribution in [3.8, 4) is 11.5 Å². The molecule has 1 aliphatic rings. The van der Waals surface area contributed by atoms with Crippen LogP contribution in [0.1, 0.15) is 25.5 Å². The average molecular weight is 345 g/mol. The van der Waals surface area contributed by atoms with Gasteiger partial charge in [-0.2, -0.15) is 0 Å². The minimum atomic E-state index is -0.463. The molecule has 2 aromatic heterocycles. The van der Waals surface area contributed by atoms with Crippen LogP contribution in [-0.2, 0) is 11.2 Å². The van der Waals surface area contributed by atoms with Crippen molar-refractivity contribution in [2.75, 3.05) is 18.0 Å². The summed E-state index contributed by atoms with van der Waals surface area (Å²) < 4.78 is 5.54. The summed E-state index contributed by atoms with van der Waals surface area (Å²) in [5, 5.41) is 11.5. The number of nitrogens with two attached hydrogens (primary N) is 1. The molecule has 132 valence electrons. The highest BCUT2D eigenvalue weighted by atomic mass is 16.6. The van der Waals surface area contributed by atoms with E-state index in [-0.39, 0.29) is 17.5 Å². The standard InChI is InChI=1S/C16H19N5O4/c1-2-12-9-19-16(25-12)11-7-13(21(23)24)15(18-8-11)20-5-3-10(4-6-20)14(17)22/h7-10H,2-6H2,1H3,(H2,17,22). The molecule has 0 spiro atoms. The lowest BCUT2D eigenvalue weighted by atomic mass is 9.96. The van der Waals surface area contributed by atoms with Crippen molar-refractivity contribution in [2.45, 2.75) is 26.2 Å². The first-order valence-corrected chi connectivity index (χ1v) is 8.13. The number of nitro groups is 1. The number of piperidine rings is 1. The van der Waals surface area contributed by atoms with Crippen LogP contribution >= 0.6 is 0 Å². The number of anilines is 1. The van der Waals surface area contributed by atoms with Crippen LogP contribution in [0.25, 0.3) is 11.5 Å². The summed E-state index contributed by atoms with van der Waals surface area (Å²) in [7, 11) is 0. The van der Waals surface area contributed by atoms with Gasteiger partial charge < -0.3 is 15.1 Å². The van der Waals surface area contributed by atoms with Crippen molar-refractivity contribution >= 4 is 17.4 Å². The fourth-order valence-corrected chi connectivity index (χ4v) is 2.92. The Labute approximate surface area is 144 Å². The number of pyridine rings is 1. The predicted octanol–water partition coefficient (Wildman–Crippen LogP) is 1.91. The maximum absolute atomic E-state index is 11.5. The highest BCUT2D eigenvalue weighted by Gasteiger charge is 2.29. The smallest absolute Gasteiger partial charge is 0.312 e. The van der Waals surface area contributed by atoms with Crippen LogP contribution in [0.5, 0.6) is 0 Å². The number of rotatable bonds is 5. The first kappa shape index (κ1) is 16.9. The first-order valence-electron chi connectivity index (χ1n) is 8.13. The molecule has 9 nitrogen and oxygen atoms in total. The number of nitrogens with zero attached hydrogens (tertiary/aromatic N) is 4. The zero-order valence-corrected chi connectivity index (χ0v) is 13.8. The zero-order chi connectivity index (χ0) is 18.0. The maximum atomic E-state index is 11.5. The third kappa shape index (κ3) is 3.44. The van der Waals surface area contributed by atoms with E-state index in [2.05, 4.69) is 9.97 Å². The molecule has 0 aliphatic carbocycles.